The molecule has 2 aromatic rings. The maximum absolute atomic E-state index is 12.7. The maximum atomic E-state index is 12.7. The van der Waals surface area contributed by atoms with Crippen LogP contribution in [0.4, 0.5) is 5.69 Å². The average molecular weight is 351 g/mol. The van der Waals surface area contributed by atoms with Gasteiger partial charge in [-0.3, -0.25) is 14.5 Å². The number of para-hydroxylation sites is 1. The predicted octanol–water partition coefficient (Wildman–Crippen LogP) is 2.41. The van der Waals surface area contributed by atoms with E-state index in [1.807, 2.05) is 54.3 Å². The molecule has 0 saturated heterocycles. The lowest BCUT2D eigenvalue weighted by atomic mass is 9.93. The van der Waals surface area contributed by atoms with Crippen molar-refractivity contribution in [1.82, 2.24) is 4.90 Å². The van der Waals surface area contributed by atoms with Crippen molar-refractivity contribution < 1.29 is 9.59 Å². The second kappa shape index (κ2) is 7.70. The molecule has 0 bridgehead atoms. The minimum atomic E-state index is -0.460. The van der Waals surface area contributed by atoms with Crippen LogP contribution < -0.4 is 11.1 Å². The van der Waals surface area contributed by atoms with Gasteiger partial charge in [-0.2, -0.15) is 0 Å². The molecule has 26 heavy (non-hydrogen) atoms. The number of amides is 2. The highest BCUT2D eigenvalue weighted by molar-refractivity contribution is 5.94. The monoisotopic (exact) mass is 351 g/mol. The third-order valence-electron chi connectivity index (χ3n) is 5.03. The van der Waals surface area contributed by atoms with Crippen molar-refractivity contribution in [2.75, 3.05) is 11.9 Å². The lowest BCUT2D eigenvalue weighted by molar-refractivity contribution is -0.125. The normalized spacial score (nSPS) is 16.8. The summed E-state index contributed by atoms with van der Waals surface area (Å²) in [6.45, 7) is 4.73. The second-order valence-electron chi connectivity index (χ2n) is 6.81. The van der Waals surface area contributed by atoms with Gasteiger partial charge in [0.1, 0.15) is 0 Å². The molecular weight excluding hydrogens is 326 g/mol. The summed E-state index contributed by atoms with van der Waals surface area (Å²) in [7, 11) is 0. The number of hydrogen-bond donors (Lipinski definition) is 2. The first-order valence-electron chi connectivity index (χ1n) is 8.98. The molecule has 1 aliphatic heterocycles. The molecule has 0 radical (unpaired) electrons. The molecule has 0 aromatic heterocycles. The Balaban J connectivity index is 1.77. The van der Waals surface area contributed by atoms with E-state index in [0.29, 0.717) is 13.0 Å². The van der Waals surface area contributed by atoms with E-state index in [4.69, 9.17) is 5.73 Å². The minimum Gasteiger partial charge on any atom is -0.368 e. The lowest BCUT2D eigenvalue weighted by Crippen LogP contribution is -2.51. The number of benzene rings is 2. The van der Waals surface area contributed by atoms with Crippen LogP contribution in [-0.4, -0.2) is 29.3 Å². The number of fused-ring (bicyclic) bond motifs is 1. The Bertz CT molecular complexity index is 832. The summed E-state index contributed by atoms with van der Waals surface area (Å²) in [6.07, 6.45) is 1.39. The Morgan fingerprint density at radius 1 is 1.15 bits per heavy atom. The zero-order chi connectivity index (χ0) is 18.7. The largest absolute Gasteiger partial charge is 0.368 e. The Kier molecular flexibility index (Phi) is 5.38. The van der Waals surface area contributed by atoms with E-state index in [2.05, 4.69) is 12.2 Å². The minimum absolute atomic E-state index is 0.125. The highest BCUT2D eigenvalue weighted by Gasteiger charge is 2.31. The number of rotatable bonds is 5. The van der Waals surface area contributed by atoms with Gasteiger partial charge < -0.3 is 11.1 Å². The predicted molar refractivity (Wildman–Crippen MR) is 103 cm³/mol. The van der Waals surface area contributed by atoms with Crippen LogP contribution in [0.2, 0.25) is 0 Å². The van der Waals surface area contributed by atoms with Crippen LogP contribution in [0.5, 0.6) is 0 Å². The molecule has 1 atom stereocenters. The molecule has 0 spiro atoms. The van der Waals surface area contributed by atoms with Crippen molar-refractivity contribution in [2.24, 2.45) is 5.73 Å². The Morgan fingerprint density at radius 2 is 1.88 bits per heavy atom. The first-order chi connectivity index (χ1) is 12.5. The van der Waals surface area contributed by atoms with Gasteiger partial charge in [-0.1, -0.05) is 49.4 Å². The van der Waals surface area contributed by atoms with Gasteiger partial charge in [0.15, 0.2) is 0 Å². The van der Waals surface area contributed by atoms with Crippen molar-refractivity contribution in [3.63, 3.8) is 0 Å². The van der Waals surface area contributed by atoms with Gasteiger partial charge in [0.25, 0.3) is 0 Å². The van der Waals surface area contributed by atoms with Gasteiger partial charge in [0.05, 0.1) is 12.6 Å². The molecule has 1 heterocycles. The first kappa shape index (κ1) is 18.1. The summed E-state index contributed by atoms with van der Waals surface area (Å²) in [6, 6.07) is 13.5. The van der Waals surface area contributed by atoms with E-state index >= 15 is 0 Å². The molecule has 0 saturated carbocycles. The number of anilines is 1. The molecular formula is C21H25N3O2. The standard InChI is InChI=1S/C21H25N3O2/c1-3-15-10-6-7-14(2)20(15)23-19(25)13-24-12-17-9-5-4-8-16(17)11-18(24)21(22)26/h4-10,18H,3,11-13H2,1-2H3,(H2,22,26)(H,23,25)/t18-/m0/s1. The van der Waals surface area contributed by atoms with E-state index in [-0.39, 0.29) is 12.5 Å². The summed E-state index contributed by atoms with van der Waals surface area (Å²) >= 11 is 0. The summed E-state index contributed by atoms with van der Waals surface area (Å²) in [5, 5.41) is 3.03. The number of primary amides is 1. The number of nitrogens with zero attached hydrogens (tertiary/aromatic N) is 1. The van der Waals surface area contributed by atoms with Crippen molar-refractivity contribution in [3.05, 3.63) is 64.7 Å². The molecule has 2 amide bonds. The molecule has 3 rings (SSSR count). The van der Waals surface area contributed by atoms with Gasteiger partial charge in [0.2, 0.25) is 11.8 Å². The van der Waals surface area contributed by atoms with Gasteiger partial charge >= 0.3 is 0 Å². The van der Waals surface area contributed by atoms with Crippen molar-refractivity contribution in [1.29, 1.82) is 0 Å². The van der Waals surface area contributed by atoms with E-state index in [1.165, 1.54) is 0 Å². The smallest absolute Gasteiger partial charge is 0.238 e. The van der Waals surface area contributed by atoms with Crippen molar-refractivity contribution >= 4 is 17.5 Å². The van der Waals surface area contributed by atoms with Crippen molar-refractivity contribution in [2.45, 2.75) is 39.3 Å². The SMILES string of the molecule is CCc1cccc(C)c1NC(=O)CN1Cc2ccccc2C[C@H]1C(N)=O. The second-order valence-corrected chi connectivity index (χ2v) is 6.81. The fraction of sp³-hybridized carbons (Fsp3) is 0.333. The highest BCUT2D eigenvalue weighted by Crippen LogP contribution is 2.24. The third-order valence-corrected chi connectivity index (χ3v) is 5.03. The number of carbonyl (C=O) groups is 2. The molecule has 0 aliphatic carbocycles. The number of nitrogens with two attached hydrogens (primary N) is 1. The Morgan fingerprint density at radius 3 is 2.58 bits per heavy atom. The van der Waals surface area contributed by atoms with Gasteiger partial charge in [-0.25, -0.2) is 0 Å². The zero-order valence-electron chi connectivity index (χ0n) is 15.3. The molecule has 3 N–H and O–H groups in total. The van der Waals surface area contributed by atoms with Crippen LogP contribution in [0.3, 0.4) is 0 Å². The summed E-state index contributed by atoms with van der Waals surface area (Å²) in [5.74, 6) is -0.517. The van der Waals surface area contributed by atoms with Crippen LogP contribution in [-0.2, 0) is 29.0 Å². The summed E-state index contributed by atoms with van der Waals surface area (Å²) in [4.78, 5) is 26.5. The van der Waals surface area contributed by atoms with Crippen LogP contribution >= 0.6 is 0 Å². The fourth-order valence-electron chi connectivity index (χ4n) is 3.59. The fourth-order valence-corrected chi connectivity index (χ4v) is 3.59. The third kappa shape index (κ3) is 3.78. The molecule has 0 fully saturated rings. The quantitative estimate of drug-likeness (QED) is 0.869. The molecule has 2 aromatic carbocycles. The Labute approximate surface area is 154 Å². The number of nitrogens with one attached hydrogen (secondary N) is 1. The molecule has 1 aliphatic rings. The molecule has 5 heteroatoms. The van der Waals surface area contributed by atoms with E-state index in [9.17, 15) is 9.59 Å². The summed E-state index contributed by atoms with van der Waals surface area (Å²) in [5.41, 5.74) is 10.9. The van der Waals surface area contributed by atoms with E-state index in [0.717, 1.165) is 34.4 Å². The maximum Gasteiger partial charge on any atom is 0.238 e. The van der Waals surface area contributed by atoms with Crippen LogP contribution in [0, 0.1) is 6.92 Å². The van der Waals surface area contributed by atoms with E-state index < -0.39 is 11.9 Å². The van der Waals surface area contributed by atoms with Crippen molar-refractivity contribution in [3.8, 4) is 0 Å². The van der Waals surface area contributed by atoms with Crippen LogP contribution in [0.1, 0.15) is 29.2 Å². The number of aryl methyl sites for hydroxylation is 2. The van der Waals surface area contributed by atoms with E-state index in [1.54, 1.807) is 0 Å². The average Bonchev–Trinajstić information content (AvgIpc) is 2.62. The van der Waals surface area contributed by atoms with Gasteiger partial charge in [-0.05, 0) is 42.0 Å². The topological polar surface area (TPSA) is 75.4 Å². The zero-order valence-corrected chi connectivity index (χ0v) is 15.3. The molecule has 136 valence electrons. The van der Waals surface area contributed by atoms with Gasteiger partial charge in [0, 0.05) is 12.2 Å². The van der Waals surface area contributed by atoms with Crippen LogP contribution in [0.25, 0.3) is 0 Å². The van der Waals surface area contributed by atoms with Crippen LogP contribution in [0.15, 0.2) is 42.5 Å². The summed E-state index contributed by atoms with van der Waals surface area (Å²) < 4.78 is 0. The lowest BCUT2D eigenvalue weighted by Gasteiger charge is -2.34. The number of carbonyl (C=O) groups excluding carboxylic acids is 2. The Hall–Kier alpha value is -2.66. The number of hydrogen-bond acceptors (Lipinski definition) is 3. The molecule has 5 nitrogen and oxygen atoms in total. The van der Waals surface area contributed by atoms with Gasteiger partial charge in [-0.15, -0.1) is 0 Å². The first-order valence-corrected chi connectivity index (χ1v) is 8.98. The molecule has 0 unspecified atom stereocenters. The highest BCUT2D eigenvalue weighted by atomic mass is 16.2.